The molecule has 46 heavy (non-hydrogen) atoms. The van der Waals surface area contributed by atoms with Crippen LogP contribution in [-0.4, -0.2) is 55.2 Å². The number of carbonyl (C=O) groups is 1. The summed E-state index contributed by atoms with van der Waals surface area (Å²) in [6, 6.07) is 15.3. The molecular formula is C36H48N4O5S. The Morgan fingerprint density at radius 2 is 1.67 bits per heavy atom. The van der Waals surface area contributed by atoms with Crippen molar-refractivity contribution in [1.29, 1.82) is 0 Å². The Kier molecular flexibility index (Phi) is 10.2. The van der Waals surface area contributed by atoms with Crippen molar-refractivity contribution in [1.82, 2.24) is 14.9 Å². The van der Waals surface area contributed by atoms with E-state index in [2.05, 4.69) is 34.6 Å². The maximum absolute atomic E-state index is 13.8. The van der Waals surface area contributed by atoms with Crippen LogP contribution in [0.5, 0.6) is 5.88 Å². The first-order valence-electron chi connectivity index (χ1n) is 16.5. The smallest absolute Gasteiger partial charge is 0.410 e. The lowest BCUT2D eigenvalue weighted by atomic mass is 9.68. The van der Waals surface area contributed by atoms with Crippen LogP contribution in [0.1, 0.15) is 82.4 Å². The van der Waals surface area contributed by atoms with Crippen molar-refractivity contribution in [2.75, 3.05) is 18.4 Å². The predicted octanol–water partition coefficient (Wildman–Crippen LogP) is 7.74. The number of sulfonamides is 1. The molecule has 1 unspecified atom stereocenters. The van der Waals surface area contributed by atoms with Crippen LogP contribution in [0.3, 0.4) is 0 Å². The van der Waals surface area contributed by atoms with Crippen LogP contribution in [0, 0.1) is 31.6 Å². The lowest BCUT2D eigenvalue weighted by Crippen LogP contribution is -2.42. The third-order valence-corrected chi connectivity index (χ3v) is 10.7. The van der Waals surface area contributed by atoms with E-state index in [1.807, 2.05) is 71.1 Å². The largest absolute Gasteiger partial charge is 0.477 e. The van der Waals surface area contributed by atoms with Crippen molar-refractivity contribution in [3.05, 3.63) is 65.2 Å². The minimum absolute atomic E-state index is 0.0171. The third-order valence-electron chi connectivity index (χ3n) is 9.37. The summed E-state index contributed by atoms with van der Waals surface area (Å²) in [4.78, 5) is 23.7. The second-order valence-corrected chi connectivity index (χ2v) is 15.4. The van der Waals surface area contributed by atoms with Gasteiger partial charge in [-0.25, -0.2) is 22.9 Å². The van der Waals surface area contributed by atoms with Gasteiger partial charge in [0.15, 0.2) is 0 Å². The van der Waals surface area contributed by atoms with E-state index >= 15 is 0 Å². The number of aryl methyl sites for hydroxylation is 2. The van der Waals surface area contributed by atoms with Crippen LogP contribution < -0.4 is 9.46 Å². The van der Waals surface area contributed by atoms with E-state index in [1.165, 1.54) is 0 Å². The molecule has 0 spiro atoms. The summed E-state index contributed by atoms with van der Waals surface area (Å²) < 4.78 is 42.2. The van der Waals surface area contributed by atoms with Crippen molar-refractivity contribution < 1.29 is 22.7 Å². The fourth-order valence-electron chi connectivity index (χ4n) is 7.29. The van der Waals surface area contributed by atoms with Gasteiger partial charge < -0.3 is 14.4 Å². The molecule has 2 aromatic carbocycles. The van der Waals surface area contributed by atoms with E-state index in [0.29, 0.717) is 24.1 Å². The molecular weight excluding hydrogens is 600 g/mol. The summed E-state index contributed by atoms with van der Waals surface area (Å²) in [5.41, 5.74) is 4.60. The molecule has 3 aromatic rings. The third kappa shape index (κ3) is 7.65. The van der Waals surface area contributed by atoms with Gasteiger partial charge in [0.05, 0.1) is 23.3 Å². The number of ether oxygens (including phenoxy) is 2. The molecule has 1 aliphatic heterocycles. The van der Waals surface area contributed by atoms with Gasteiger partial charge in [-0.2, -0.15) is 4.98 Å². The number of hydrogen-bond acceptors (Lipinski definition) is 7. The summed E-state index contributed by atoms with van der Waals surface area (Å²) in [6.07, 6.45) is 3.98. The first-order chi connectivity index (χ1) is 21.8. The first-order valence-corrected chi connectivity index (χ1v) is 18.0. The average molecular weight is 649 g/mol. The number of benzene rings is 2. The van der Waals surface area contributed by atoms with Gasteiger partial charge in [-0.15, -0.1) is 0 Å². The summed E-state index contributed by atoms with van der Waals surface area (Å²) >= 11 is 0. The van der Waals surface area contributed by atoms with E-state index in [-0.39, 0.29) is 46.8 Å². The average Bonchev–Trinajstić information content (AvgIpc) is 2.99. The Balaban J connectivity index is 1.53. The standard InChI is InChI=1S/C36H48N4O5S/c1-22(2)18-28-21-44-32-20-31(33-24(5)10-8-11-25(33)6)37-35(38-32)39-46(42,43)30-13-9-12-27(19-30)34(28)26-14-16-29(17-15-26)40(7)36(41)45-23(3)4/h8-13,19-20,22-23,26,28-29,34H,14-18,21H2,1-7H3,(H,37,38,39)/t26?,28-,29?,34?/m1/s1. The Hall–Kier alpha value is -3.66. The number of nitrogens with one attached hydrogen (secondary N) is 1. The molecule has 4 bridgehead atoms. The number of amides is 1. The van der Waals surface area contributed by atoms with Crippen LogP contribution in [0.2, 0.25) is 0 Å². The summed E-state index contributed by atoms with van der Waals surface area (Å²) in [5.74, 6) is 1.19. The summed E-state index contributed by atoms with van der Waals surface area (Å²) in [5, 5.41) is 0. The molecule has 0 radical (unpaired) electrons. The zero-order valence-corrected chi connectivity index (χ0v) is 28.9. The molecule has 1 aliphatic carbocycles. The summed E-state index contributed by atoms with van der Waals surface area (Å²) in [7, 11) is -2.16. The highest BCUT2D eigenvalue weighted by Crippen LogP contribution is 2.44. The highest BCUT2D eigenvalue weighted by molar-refractivity contribution is 7.92. The lowest BCUT2D eigenvalue weighted by Gasteiger charge is -2.41. The van der Waals surface area contributed by atoms with E-state index in [4.69, 9.17) is 9.47 Å². The van der Waals surface area contributed by atoms with E-state index in [0.717, 1.165) is 54.4 Å². The Bertz CT molecular complexity index is 1630. The monoisotopic (exact) mass is 648 g/mol. The molecule has 1 saturated carbocycles. The summed E-state index contributed by atoms with van der Waals surface area (Å²) in [6.45, 7) is 12.6. The van der Waals surface area contributed by atoms with Crippen molar-refractivity contribution in [3.8, 4) is 17.1 Å². The van der Waals surface area contributed by atoms with Crippen LogP contribution in [0.15, 0.2) is 53.4 Å². The Labute approximate surface area is 274 Å². The normalized spacial score (nSPS) is 22.6. The maximum atomic E-state index is 13.8. The van der Waals surface area contributed by atoms with Crippen LogP contribution in [0.4, 0.5) is 10.7 Å². The Morgan fingerprint density at radius 1 is 1.00 bits per heavy atom. The number of rotatable bonds is 6. The van der Waals surface area contributed by atoms with E-state index in [9.17, 15) is 13.2 Å². The minimum atomic E-state index is -3.99. The van der Waals surface area contributed by atoms with Crippen LogP contribution in [-0.2, 0) is 14.8 Å². The van der Waals surface area contributed by atoms with Crippen molar-refractivity contribution in [2.45, 2.75) is 96.6 Å². The van der Waals surface area contributed by atoms with Gasteiger partial charge in [-0.05, 0) is 106 Å². The van der Waals surface area contributed by atoms with Crippen molar-refractivity contribution >= 4 is 22.1 Å². The lowest BCUT2D eigenvalue weighted by molar-refractivity contribution is 0.0586. The predicted molar refractivity (Wildman–Crippen MR) is 180 cm³/mol. The minimum Gasteiger partial charge on any atom is -0.477 e. The molecule has 2 heterocycles. The second kappa shape index (κ2) is 14.0. The number of aromatic nitrogens is 2. The fraction of sp³-hybridized carbons (Fsp3) is 0.528. The molecule has 1 fully saturated rings. The zero-order chi connectivity index (χ0) is 33.2. The number of nitrogens with zero attached hydrogens (tertiary/aromatic N) is 3. The fourth-order valence-corrected chi connectivity index (χ4v) is 8.29. The molecule has 2 aliphatic rings. The van der Waals surface area contributed by atoms with Gasteiger partial charge >= 0.3 is 6.09 Å². The van der Waals surface area contributed by atoms with E-state index < -0.39 is 10.0 Å². The molecule has 0 saturated heterocycles. The molecule has 1 N–H and O–H groups in total. The van der Waals surface area contributed by atoms with Gasteiger partial charge in [0, 0.05) is 30.6 Å². The topological polar surface area (TPSA) is 111 Å². The first kappa shape index (κ1) is 33.7. The van der Waals surface area contributed by atoms with E-state index in [1.54, 1.807) is 11.0 Å². The molecule has 2 atom stereocenters. The number of fused-ring (bicyclic) bond motifs is 4. The van der Waals surface area contributed by atoms with Gasteiger partial charge in [-0.3, -0.25) is 0 Å². The second-order valence-electron chi connectivity index (χ2n) is 13.7. The number of anilines is 1. The highest BCUT2D eigenvalue weighted by Gasteiger charge is 2.37. The molecule has 248 valence electrons. The van der Waals surface area contributed by atoms with Gasteiger partial charge in [0.25, 0.3) is 10.0 Å². The Morgan fingerprint density at radius 3 is 2.33 bits per heavy atom. The maximum Gasteiger partial charge on any atom is 0.410 e. The number of hydrogen-bond donors (Lipinski definition) is 1. The van der Waals surface area contributed by atoms with Crippen molar-refractivity contribution in [2.24, 2.45) is 17.8 Å². The van der Waals surface area contributed by atoms with Gasteiger partial charge in [0.1, 0.15) is 0 Å². The molecule has 1 aromatic heterocycles. The zero-order valence-electron chi connectivity index (χ0n) is 28.1. The molecule has 9 nitrogen and oxygen atoms in total. The number of carbonyl (C=O) groups excluding carboxylic acids is 1. The van der Waals surface area contributed by atoms with Crippen LogP contribution in [0.25, 0.3) is 11.3 Å². The molecule has 5 rings (SSSR count). The van der Waals surface area contributed by atoms with Gasteiger partial charge in [-0.1, -0.05) is 44.2 Å². The van der Waals surface area contributed by atoms with Crippen LogP contribution >= 0.6 is 0 Å². The van der Waals surface area contributed by atoms with Gasteiger partial charge in [0.2, 0.25) is 11.8 Å². The molecule has 1 amide bonds. The quantitative estimate of drug-likeness (QED) is 0.291. The molecule has 10 heteroatoms. The SMILES string of the molecule is Cc1cccc(C)c1-c1cc2nc(n1)NS(=O)(=O)c1cccc(c1)C(C1CCC(N(C)C(=O)OC(C)C)CC1)[C@H](CC(C)C)CO2. The highest BCUT2D eigenvalue weighted by atomic mass is 32.2. The van der Waals surface area contributed by atoms with Crippen molar-refractivity contribution in [3.63, 3.8) is 0 Å².